The first kappa shape index (κ1) is 11.1. The first-order valence-corrected chi connectivity index (χ1v) is 3.55. The summed E-state index contributed by atoms with van der Waals surface area (Å²) in [6.07, 6.45) is -3.29. The maximum atomic E-state index is 13.0. The summed E-state index contributed by atoms with van der Waals surface area (Å²) in [6.45, 7) is 0. The molecular formula is C7H3F3N2O3. The van der Waals surface area contributed by atoms with Crippen molar-refractivity contribution in [1.82, 2.24) is 4.98 Å². The number of halogens is 3. The van der Waals surface area contributed by atoms with Crippen LogP contribution in [0.15, 0.2) is 6.07 Å². The Morgan fingerprint density at radius 3 is 2.53 bits per heavy atom. The van der Waals surface area contributed by atoms with Gasteiger partial charge in [0.15, 0.2) is 6.29 Å². The highest BCUT2D eigenvalue weighted by molar-refractivity contribution is 5.73. The molecule has 1 aromatic heterocycles. The number of carbonyl (C=O) groups excluding carboxylic acids is 1. The fourth-order valence-electron chi connectivity index (χ4n) is 0.893. The van der Waals surface area contributed by atoms with Crippen LogP contribution in [0.1, 0.15) is 22.6 Å². The molecule has 0 radical (unpaired) electrons. The lowest BCUT2D eigenvalue weighted by atomic mass is 10.2. The van der Waals surface area contributed by atoms with Crippen LogP contribution in [0.5, 0.6) is 0 Å². The van der Waals surface area contributed by atoms with E-state index in [1.807, 2.05) is 0 Å². The summed E-state index contributed by atoms with van der Waals surface area (Å²) in [5.41, 5.74) is -3.20. The molecule has 0 N–H and O–H groups in total. The van der Waals surface area contributed by atoms with Crippen LogP contribution in [0.3, 0.4) is 0 Å². The molecule has 1 aromatic rings. The van der Waals surface area contributed by atoms with Gasteiger partial charge in [0.1, 0.15) is 11.4 Å². The molecule has 0 aliphatic carbocycles. The Hall–Kier alpha value is -1.99. The molecule has 5 nitrogen and oxygen atoms in total. The number of aromatic nitrogens is 1. The standard InChI is InChI=1S/C7H3F3N2O3/c8-5-4(12(14)15)1-3(2-13)11-6(5)7(9)10/h1-2,7H. The number of aldehydes is 1. The Bertz CT molecular complexity index is 422. The van der Waals surface area contributed by atoms with Gasteiger partial charge in [-0.25, -0.2) is 13.8 Å². The first-order chi connectivity index (χ1) is 6.97. The van der Waals surface area contributed by atoms with E-state index in [0.29, 0.717) is 6.07 Å². The van der Waals surface area contributed by atoms with Crippen LogP contribution >= 0.6 is 0 Å². The Labute approximate surface area is 80.7 Å². The number of pyridine rings is 1. The minimum atomic E-state index is -3.32. The van der Waals surface area contributed by atoms with Crippen molar-refractivity contribution in [2.75, 3.05) is 0 Å². The molecule has 0 aliphatic heterocycles. The zero-order valence-electron chi connectivity index (χ0n) is 6.99. The van der Waals surface area contributed by atoms with Gasteiger partial charge in [-0.05, 0) is 0 Å². The van der Waals surface area contributed by atoms with Crippen molar-refractivity contribution in [2.24, 2.45) is 0 Å². The zero-order valence-corrected chi connectivity index (χ0v) is 6.99. The second-order valence-electron chi connectivity index (χ2n) is 2.44. The van der Waals surface area contributed by atoms with E-state index < -0.39 is 34.2 Å². The number of hydrogen-bond acceptors (Lipinski definition) is 4. The summed E-state index contributed by atoms with van der Waals surface area (Å²) in [5, 5.41) is 10.2. The van der Waals surface area contributed by atoms with E-state index in [9.17, 15) is 28.1 Å². The number of nitro groups is 1. The second-order valence-corrected chi connectivity index (χ2v) is 2.44. The molecule has 1 heterocycles. The number of nitrogens with zero attached hydrogens (tertiary/aromatic N) is 2. The number of carbonyl (C=O) groups is 1. The fraction of sp³-hybridized carbons (Fsp3) is 0.143. The fourth-order valence-corrected chi connectivity index (χ4v) is 0.893. The first-order valence-electron chi connectivity index (χ1n) is 3.55. The Morgan fingerprint density at radius 1 is 1.53 bits per heavy atom. The quantitative estimate of drug-likeness (QED) is 0.442. The van der Waals surface area contributed by atoms with Crippen molar-refractivity contribution >= 4 is 12.0 Å². The van der Waals surface area contributed by atoms with Crippen molar-refractivity contribution in [3.8, 4) is 0 Å². The normalized spacial score (nSPS) is 10.4. The van der Waals surface area contributed by atoms with Crippen molar-refractivity contribution in [1.29, 1.82) is 0 Å². The van der Waals surface area contributed by atoms with Gasteiger partial charge in [0.25, 0.3) is 6.43 Å². The van der Waals surface area contributed by atoms with E-state index in [0.717, 1.165) is 0 Å². The van der Waals surface area contributed by atoms with E-state index in [1.54, 1.807) is 0 Å². The largest absolute Gasteiger partial charge is 0.309 e. The summed E-state index contributed by atoms with van der Waals surface area (Å²) in [4.78, 5) is 22.2. The molecule has 0 amide bonds. The third-order valence-corrected chi connectivity index (χ3v) is 1.51. The lowest BCUT2D eigenvalue weighted by Gasteiger charge is -2.02. The van der Waals surface area contributed by atoms with Gasteiger partial charge < -0.3 is 0 Å². The van der Waals surface area contributed by atoms with Crippen LogP contribution in [-0.4, -0.2) is 16.2 Å². The van der Waals surface area contributed by atoms with Crippen molar-refractivity contribution in [2.45, 2.75) is 6.43 Å². The van der Waals surface area contributed by atoms with Crippen molar-refractivity contribution < 1.29 is 22.9 Å². The summed E-state index contributed by atoms with van der Waals surface area (Å²) in [7, 11) is 0. The van der Waals surface area contributed by atoms with Gasteiger partial charge in [0.2, 0.25) is 5.82 Å². The number of rotatable bonds is 3. The van der Waals surface area contributed by atoms with Gasteiger partial charge in [-0.15, -0.1) is 0 Å². The minimum Gasteiger partial charge on any atom is -0.296 e. The molecule has 0 spiro atoms. The van der Waals surface area contributed by atoms with Gasteiger partial charge in [-0.2, -0.15) is 4.39 Å². The Morgan fingerprint density at radius 2 is 2.13 bits per heavy atom. The molecule has 0 saturated carbocycles. The average molecular weight is 220 g/mol. The molecule has 0 aromatic carbocycles. The van der Waals surface area contributed by atoms with Crippen LogP contribution in [-0.2, 0) is 0 Å². The number of hydrogen-bond donors (Lipinski definition) is 0. The molecule has 0 atom stereocenters. The van der Waals surface area contributed by atoms with Gasteiger partial charge in [-0.3, -0.25) is 14.9 Å². The topological polar surface area (TPSA) is 73.1 Å². The molecule has 0 aliphatic rings. The van der Waals surface area contributed by atoms with E-state index in [2.05, 4.69) is 4.98 Å². The van der Waals surface area contributed by atoms with Gasteiger partial charge in [0.05, 0.1) is 4.92 Å². The molecule has 0 bridgehead atoms. The third kappa shape index (κ3) is 2.09. The Kier molecular flexibility index (Phi) is 2.98. The van der Waals surface area contributed by atoms with Crippen LogP contribution in [0.4, 0.5) is 18.9 Å². The van der Waals surface area contributed by atoms with E-state index in [4.69, 9.17) is 0 Å². The maximum absolute atomic E-state index is 13.0. The summed E-state index contributed by atoms with van der Waals surface area (Å²) < 4.78 is 37.3. The van der Waals surface area contributed by atoms with Crippen LogP contribution in [0.25, 0.3) is 0 Å². The molecule has 15 heavy (non-hydrogen) atoms. The van der Waals surface area contributed by atoms with Gasteiger partial charge >= 0.3 is 5.69 Å². The van der Waals surface area contributed by atoms with Crippen LogP contribution in [0, 0.1) is 15.9 Å². The van der Waals surface area contributed by atoms with Crippen molar-refractivity contribution in [3.63, 3.8) is 0 Å². The zero-order chi connectivity index (χ0) is 11.6. The lowest BCUT2D eigenvalue weighted by Crippen LogP contribution is -2.04. The minimum absolute atomic E-state index is 0.0261. The highest BCUT2D eigenvalue weighted by Gasteiger charge is 2.26. The van der Waals surface area contributed by atoms with E-state index in [-0.39, 0.29) is 6.29 Å². The van der Waals surface area contributed by atoms with Gasteiger partial charge in [-0.1, -0.05) is 0 Å². The summed E-state index contributed by atoms with van der Waals surface area (Å²) in [5.74, 6) is -1.72. The maximum Gasteiger partial charge on any atom is 0.309 e. The molecule has 0 saturated heterocycles. The predicted molar refractivity (Wildman–Crippen MR) is 41.2 cm³/mol. The predicted octanol–water partition coefficient (Wildman–Crippen LogP) is 1.88. The van der Waals surface area contributed by atoms with E-state index >= 15 is 0 Å². The molecular weight excluding hydrogens is 217 g/mol. The van der Waals surface area contributed by atoms with Crippen LogP contribution in [0.2, 0.25) is 0 Å². The highest BCUT2D eigenvalue weighted by Crippen LogP contribution is 2.26. The van der Waals surface area contributed by atoms with Crippen molar-refractivity contribution in [3.05, 3.63) is 33.4 Å². The average Bonchev–Trinajstić information content (AvgIpc) is 2.17. The van der Waals surface area contributed by atoms with Crippen LogP contribution < -0.4 is 0 Å². The number of alkyl halides is 2. The lowest BCUT2D eigenvalue weighted by molar-refractivity contribution is -0.387. The molecule has 0 fully saturated rings. The Balaban J connectivity index is 3.46. The monoisotopic (exact) mass is 220 g/mol. The SMILES string of the molecule is O=Cc1cc([N+](=O)[O-])c(F)c(C(F)F)n1. The second kappa shape index (κ2) is 4.03. The molecule has 1 rings (SSSR count). The van der Waals surface area contributed by atoms with Gasteiger partial charge in [0, 0.05) is 6.07 Å². The molecule has 80 valence electrons. The van der Waals surface area contributed by atoms with E-state index in [1.165, 1.54) is 0 Å². The highest BCUT2D eigenvalue weighted by atomic mass is 19.3. The summed E-state index contributed by atoms with van der Waals surface area (Å²) in [6, 6.07) is 0.494. The molecule has 0 unspecified atom stereocenters. The molecule has 8 heteroatoms. The summed E-state index contributed by atoms with van der Waals surface area (Å²) >= 11 is 0. The smallest absolute Gasteiger partial charge is 0.296 e. The third-order valence-electron chi connectivity index (χ3n) is 1.51.